The van der Waals surface area contributed by atoms with Gasteiger partial charge in [0.2, 0.25) is 0 Å². The maximum absolute atomic E-state index is 3.77. The Morgan fingerprint density at radius 2 is 1.79 bits per heavy atom. The lowest BCUT2D eigenvalue weighted by molar-refractivity contribution is 0.163. The summed E-state index contributed by atoms with van der Waals surface area (Å²) in [7, 11) is 0. The molecule has 0 saturated heterocycles. The Hall–Kier alpha value is -0.0200. The van der Waals surface area contributed by atoms with Crippen LogP contribution in [0.25, 0.3) is 0 Å². The largest absolute Gasteiger partial charge is 0.381 e. The van der Waals surface area contributed by atoms with E-state index >= 15 is 0 Å². The number of anilines is 1. The second kappa shape index (κ2) is 6.17. The van der Waals surface area contributed by atoms with Gasteiger partial charge in [-0.25, -0.2) is 0 Å². The summed E-state index contributed by atoms with van der Waals surface area (Å²) in [6.07, 6.45) is 5.34. The molecule has 106 valence electrons. The highest BCUT2D eigenvalue weighted by Gasteiger charge is 2.34. The van der Waals surface area contributed by atoms with Crippen molar-refractivity contribution in [3.8, 4) is 0 Å². The summed E-state index contributed by atoms with van der Waals surface area (Å²) in [5, 5.41) is 3.77. The standard InChI is InChI=1S/C16H23Br2N/c1-16(2,3)12-6-4-5-7-14(12)19-15-10-11(17)8-9-13(15)18/h8-10,12,14,19H,4-7H2,1-3H3. The van der Waals surface area contributed by atoms with E-state index in [-0.39, 0.29) is 0 Å². The molecule has 1 aliphatic rings. The average Bonchev–Trinajstić information content (AvgIpc) is 2.33. The third-order valence-electron chi connectivity index (χ3n) is 4.15. The van der Waals surface area contributed by atoms with Crippen molar-refractivity contribution in [2.24, 2.45) is 11.3 Å². The number of benzene rings is 1. The minimum absolute atomic E-state index is 0.372. The Morgan fingerprint density at radius 3 is 2.47 bits per heavy atom. The van der Waals surface area contributed by atoms with Crippen molar-refractivity contribution in [3.63, 3.8) is 0 Å². The molecule has 0 amide bonds. The molecule has 0 aliphatic heterocycles. The van der Waals surface area contributed by atoms with Crippen molar-refractivity contribution in [1.29, 1.82) is 0 Å². The molecule has 0 aromatic heterocycles. The van der Waals surface area contributed by atoms with Gasteiger partial charge in [-0.05, 0) is 58.3 Å². The fourth-order valence-corrected chi connectivity index (χ4v) is 3.87. The van der Waals surface area contributed by atoms with Gasteiger partial charge in [0.05, 0.1) is 0 Å². The predicted octanol–water partition coefficient (Wildman–Crippen LogP) is 6.23. The SMILES string of the molecule is CC(C)(C)C1CCCCC1Nc1cc(Br)ccc1Br. The lowest BCUT2D eigenvalue weighted by atomic mass is 9.69. The van der Waals surface area contributed by atoms with Crippen molar-refractivity contribution in [2.45, 2.75) is 52.5 Å². The van der Waals surface area contributed by atoms with Crippen LogP contribution in [0, 0.1) is 11.3 Å². The molecule has 0 radical (unpaired) electrons. The highest BCUT2D eigenvalue weighted by atomic mass is 79.9. The van der Waals surface area contributed by atoms with E-state index in [1.54, 1.807) is 0 Å². The average molecular weight is 389 g/mol. The molecule has 1 fully saturated rings. The molecular formula is C16H23Br2N. The molecule has 3 heteroatoms. The highest BCUT2D eigenvalue weighted by Crippen LogP contribution is 2.40. The van der Waals surface area contributed by atoms with Crippen LogP contribution in [0.3, 0.4) is 0 Å². The summed E-state index contributed by atoms with van der Waals surface area (Å²) in [5.74, 6) is 0.743. The molecular weight excluding hydrogens is 366 g/mol. The molecule has 1 saturated carbocycles. The number of halogens is 2. The van der Waals surface area contributed by atoms with E-state index in [9.17, 15) is 0 Å². The fraction of sp³-hybridized carbons (Fsp3) is 0.625. The second-order valence-electron chi connectivity index (χ2n) is 6.63. The van der Waals surface area contributed by atoms with Crippen LogP contribution in [0.1, 0.15) is 46.5 Å². The molecule has 1 aromatic carbocycles. The third kappa shape index (κ3) is 3.98. The van der Waals surface area contributed by atoms with Crippen molar-refractivity contribution in [2.75, 3.05) is 5.32 Å². The Morgan fingerprint density at radius 1 is 1.11 bits per heavy atom. The van der Waals surface area contributed by atoms with Crippen LogP contribution in [-0.2, 0) is 0 Å². The summed E-state index contributed by atoms with van der Waals surface area (Å²) < 4.78 is 2.27. The molecule has 1 aromatic rings. The van der Waals surface area contributed by atoms with E-state index in [0.717, 1.165) is 14.9 Å². The van der Waals surface area contributed by atoms with Gasteiger partial charge in [-0.15, -0.1) is 0 Å². The van der Waals surface area contributed by atoms with Gasteiger partial charge in [-0.3, -0.25) is 0 Å². The molecule has 2 unspecified atom stereocenters. The monoisotopic (exact) mass is 387 g/mol. The van der Waals surface area contributed by atoms with E-state index in [2.05, 4.69) is 76.1 Å². The lowest BCUT2D eigenvalue weighted by Crippen LogP contribution is -2.39. The van der Waals surface area contributed by atoms with Gasteiger partial charge in [0, 0.05) is 20.7 Å². The zero-order chi connectivity index (χ0) is 14.0. The quantitative estimate of drug-likeness (QED) is 0.633. The minimum atomic E-state index is 0.372. The van der Waals surface area contributed by atoms with Gasteiger partial charge in [0.1, 0.15) is 0 Å². The maximum Gasteiger partial charge on any atom is 0.0498 e. The smallest absolute Gasteiger partial charge is 0.0498 e. The van der Waals surface area contributed by atoms with E-state index in [0.29, 0.717) is 11.5 Å². The van der Waals surface area contributed by atoms with E-state index in [4.69, 9.17) is 0 Å². The molecule has 19 heavy (non-hydrogen) atoms. The number of nitrogens with one attached hydrogen (secondary N) is 1. The van der Waals surface area contributed by atoms with Crippen molar-refractivity contribution in [3.05, 3.63) is 27.1 Å². The van der Waals surface area contributed by atoms with Crippen LogP contribution in [0.2, 0.25) is 0 Å². The first-order valence-electron chi connectivity index (χ1n) is 7.09. The summed E-state index contributed by atoms with van der Waals surface area (Å²) in [4.78, 5) is 0. The first kappa shape index (κ1) is 15.4. The Balaban J connectivity index is 2.17. The van der Waals surface area contributed by atoms with Crippen LogP contribution in [0.15, 0.2) is 27.1 Å². The zero-order valence-electron chi connectivity index (χ0n) is 12.0. The van der Waals surface area contributed by atoms with Gasteiger partial charge in [-0.2, -0.15) is 0 Å². The molecule has 0 heterocycles. The molecule has 1 N–H and O–H groups in total. The van der Waals surface area contributed by atoms with Crippen LogP contribution >= 0.6 is 31.9 Å². The highest BCUT2D eigenvalue weighted by molar-refractivity contribution is 9.11. The van der Waals surface area contributed by atoms with E-state index in [1.165, 1.54) is 31.4 Å². The van der Waals surface area contributed by atoms with Crippen molar-refractivity contribution < 1.29 is 0 Å². The van der Waals surface area contributed by atoms with Crippen molar-refractivity contribution in [1.82, 2.24) is 0 Å². The summed E-state index contributed by atoms with van der Waals surface area (Å²) >= 11 is 7.20. The van der Waals surface area contributed by atoms with Crippen LogP contribution < -0.4 is 5.32 Å². The first-order chi connectivity index (χ1) is 8.88. The fourth-order valence-electron chi connectivity index (χ4n) is 3.15. The van der Waals surface area contributed by atoms with Crippen LogP contribution in [0.4, 0.5) is 5.69 Å². The van der Waals surface area contributed by atoms with Crippen molar-refractivity contribution >= 4 is 37.5 Å². The molecule has 0 spiro atoms. The van der Waals surface area contributed by atoms with E-state index < -0.39 is 0 Å². The Bertz CT molecular complexity index is 437. The lowest BCUT2D eigenvalue weighted by Gasteiger charge is -2.41. The van der Waals surface area contributed by atoms with Gasteiger partial charge in [0.25, 0.3) is 0 Å². The Kier molecular flexibility index (Phi) is 4.99. The minimum Gasteiger partial charge on any atom is -0.381 e. The Labute approximate surface area is 133 Å². The topological polar surface area (TPSA) is 12.0 Å². The molecule has 1 nitrogen and oxygen atoms in total. The predicted molar refractivity (Wildman–Crippen MR) is 90.7 cm³/mol. The summed E-state index contributed by atoms with van der Waals surface area (Å²) in [5.41, 5.74) is 1.58. The van der Waals surface area contributed by atoms with Gasteiger partial charge >= 0.3 is 0 Å². The third-order valence-corrected chi connectivity index (χ3v) is 5.33. The molecule has 2 rings (SSSR count). The molecule has 0 bridgehead atoms. The van der Waals surface area contributed by atoms with E-state index in [1.807, 2.05) is 0 Å². The van der Waals surface area contributed by atoms with Gasteiger partial charge < -0.3 is 5.32 Å². The normalized spacial score (nSPS) is 24.3. The van der Waals surface area contributed by atoms with Gasteiger partial charge in [-0.1, -0.05) is 49.5 Å². The number of hydrogen-bond donors (Lipinski definition) is 1. The maximum atomic E-state index is 3.77. The summed E-state index contributed by atoms with van der Waals surface area (Å²) in [6.45, 7) is 7.11. The molecule has 2 atom stereocenters. The van der Waals surface area contributed by atoms with Gasteiger partial charge in [0.15, 0.2) is 0 Å². The summed E-state index contributed by atoms with van der Waals surface area (Å²) in [6, 6.07) is 6.91. The van der Waals surface area contributed by atoms with Crippen LogP contribution in [-0.4, -0.2) is 6.04 Å². The first-order valence-corrected chi connectivity index (χ1v) is 8.68. The van der Waals surface area contributed by atoms with Crippen LogP contribution in [0.5, 0.6) is 0 Å². The zero-order valence-corrected chi connectivity index (χ0v) is 15.1. The second-order valence-corrected chi connectivity index (χ2v) is 8.40. The number of rotatable bonds is 2. The number of hydrogen-bond acceptors (Lipinski definition) is 1. The molecule has 1 aliphatic carbocycles.